The van der Waals surface area contributed by atoms with E-state index in [0.29, 0.717) is 16.8 Å². The van der Waals surface area contributed by atoms with Gasteiger partial charge in [-0.3, -0.25) is 14.7 Å². The van der Waals surface area contributed by atoms with Crippen LogP contribution in [-0.2, 0) is 0 Å². The van der Waals surface area contributed by atoms with Gasteiger partial charge in [0.15, 0.2) is 5.78 Å². The Morgan fingerprint density at radius 3 is 2.71 bits per heavy atom. The van der Waals surface area contributed by atoms with Crippen LogP contribution in [0.3, 0.4) is 0 Å². The Kier molecular flexibility index (Phi) is 3.00. The van der Waals surface area contributed by atoms with Crippen molar-refractivity contribution in [2.24, 2.45) is 0 Å². The molecule has 17 heavy (non-hydrogen) atoms. The summed E-state index contributed by atoms with van der Waals surface area (Å²) < 4.78 is 0. The van der Waals surface area contributed by atoms with Gasteiger partial charge in [0.1, 0.15) is 0 Å². The number of ketones is 1. The Labute approximate surface area is 97.9 Å². The van der Waals surface area contributed by atoms with Gasteiger partial charge in [0.25, 0.3) is 5.91 Å². The SMILES string of the molecule is CC(=O)c1ccccc1NC(=O)c1cn[nH]c1. The third-order valence-corrected chi connectivity index (χ3v) is 2.31. The fourth-order valence-electron chi connectivity index (χ4n) is 1.47. The van der Waals surface area contributed by atoms with E-state index in [1.165, 1.54) is 19.3 Å². The van der Waals surface area contributed by atoms with Gasteiger partial charge < -0.3 is 5.32 Å². The summed E-state index contributed by atoms with van der Waals surface area (Å²) in [5.74, 6) is -0.388. The topological polar surface area (TPSA) is 74.8 Å². The number of aromatic nitrogens is 2. The molecule has 1 aromatic heterocycles. The Hall–Kier alpha value is -2.43. The molecule has 1 heterocycles. The fourth-order valence-corrected chi connectivity index (χ4v) is 1.47. The first kappa shape index (κ1) is 11.1. The largest absolute Gasteiger partial charge is 0.321 e. The number of nitrogens with zero attached hydrogens (tertiary/aromatic N) is 1. The highest BCUT2D eigenvalue weighted by atomic mass is 16.1. The molecule has 0 fully saturated rings. The first-order valence-electron chi connectivity index (χ1n) is 5.08. The summed E-state index contributed by atoms with van der Waals surface area (Å²) in [6, 6.07) is 6.88. The maximum atomic E-state index is 11.8. The second-order valence-corrected chi connectivity index (χ2v) is 3.54. The minimum absolute atomic E-state index is 0.0897. The van der Waals surface area contributed by atoms with Crippen molar-refractivity contribution in [2.75, 3.05) is 5.32 Å². The molecule has 5 heteroatoms. The van der Waals surface area contributed by atoms with Crippen LogP contribution in [0.5, 0.6) is 0 Å². The van der Waals surface area contributed by atoms with E-state index in [1.807, 2.05) is 0 Å². The van der Waals surface area contributed by atoms with E-state index in [2.05, 4.69) is 15.5 Å². The van der Waals surface area contributed by atoms with Crippen molar-refractivity contribution >= 4 is 17.4 Å². The van der Waals surface area contributed by atoms with Gasteiger partial charge in [-0.1, -0.05) is 12.1 Å². The zero-order valence-corrected chi connectivity index (χ0v) is 9.23. The third-order valence-electron chi connectivity index (χ3n) is 2.31. The summed E-state index contributed by atoms with van der Waals surface area (Å²) in [5.41, 5.74) is 1.42. The van der Waals surface area contributed by atoms with Crippen LogP contribution >= 0.6 is 0 Å². The van der Waals surface area contributed by atoms with E-state index >= 15 is 0 Å². The van der Waals surface area contributed by atoms with E-state index in [9.17, 15) is 9.59 Å². The average Bonchev–Trinajstić information content (AvgIpc) is 2.83. The van der Waals surface area contributed by atoms with Crippen LogP contribution in [0.2, 0.25) is 0 Å². The standard InChI is InChI=1S/C12H11N3O2/c1-8(16)10-4-2-3-5-11(10)15-12(17)9-6-13-14-7-9/h2-7H,1H3,(H,13,14)(H,15,17). The maximum Gasteiger partial charge on any atom is 0.258 e. The number of anilines is 1. The first-order chi connectivity index (χ1) is 8.18. The zero-order chi connectivity index (χ0) is 12.3. The maximum absolute atomic E-state index is 11.8. The zero-order valence-electron chi connectivity index (χ0n) is 9.23. The van der Waals surface area contributed by atoms with Crippen LogP contribution in [0.15, 0.2) is 36.7 Å². The van der Waals surface area contributed by atoms with Gasteiger partial charge in [0.05, 0.1) is 17.4 Å². The monoisotopic (exact) mass is 229 g/mol. The molecule has 0 saturated heterocycles. The molecule has 2 rings (SSSR count). The van der Waals surface area contributed by atoms with Gasteiger partial charge in [-0.05, 0) is 19.1 Å². The lowest BCUT2D eigenvalue weighted by molar-refractivity contribution is 0.101. The Morgan fingerprint density at radius 1 is 1.29 bits per heavy atom. The highest BCUT2D eigenvalue weighted by molar-refractivity contribution is 6.08. The Bertz CT molecular complexity index is 547. The smallest absolute Gasteiger partial charge is 0.258 e. The molecule has 0 aliphatic heterocycles. The molecule has 2 aromatic rings. The van der Waals surface area contributed by atoms with E-state index in [0.717, 1.165) is 0 Å². The summed E-state index contributed by atoms with van der Waals surface area (Å²) in [4.78, 5) is 23.1. The quantitative estimate of drug-likeness (QED) is 0.789. The molecule has 0 unspecified atom stereocenters. The summed E-state index contributed by atoms with van der Waals surface area (Å²) in [5, 5.41) is 8.92. The number of hydrogen-bond donors (Lipinski definition) is 2. The number of Topliss-reactive ketones (excluding diaryl/α,β-unsaturated/α-hetero) is 1. The van der Waals surface area contributed by atoms with Gasteiger partial charge >= 0.3 is 0 Å². The van der Waals surface area contributed by atoms with Gasteiger partial charge in [-0.15, -0.1) is 0 Å². The second-order valence-electron chi connectivity index (χ2n) is 3.54. The number of carbonyl (C=O) groups excluding carboxylic acids is 2. The number of amides is 1. The molecule has 0 spiro atoms. The number of hydrogen-bond acceptors (Lipinski definition) is 3. The number of para-hydroxylation sites is 1. The van der Waals surface area contributed by atoms with Gasteiger partial charge in [0.2, 0.25) is 0 Å². The van der Waals surface area contributed by atoms with Crippen molar-refractivity contribution in [3.8, 4) is 0 Å². The van der Waals surface area contributed by atoms with E-state index in [1.54, 1.807) is 24.3 Å². The highest BCUT2D eigenvalue weighted by Crippen LogP contribution is 2.16. The summed E-state index contributed by atoms with van der Waals surface area (Å²) >= 11 is 0. The summed E-state index contributed by atoms with van der Waals surface area (Å²) in [6.45, 7) is 1.46. The third kappa shape index (κ3) is 2.39. The molecule has 0 radical (unpaired) electrons. The molecule has 0 saturated carbocycles. The molecule has 0 aliphatic carbocycles. The lowest BCUT2D eigenvalue weighted by atomic mass is 10.1. The summed E-state index contributed by atoms with van der Waals surface area (Å²) in [7, 11) is 0. The van der Waals surface area contributed by atoms with Crippen molar-refractivity contribution in [3.63, 3.8) is 0 Å². The fraction of sp³-hybridized carbons (Fsp3) is 0.0833. The van der Waals surface area contributed by atoms with E-state index in [4.69, 9.17) is 0 Å². The van der Waals surface area contributed by atoms with Crippen molar-refractivity contribution in [1.82, 2.24) is 10.2 Å². The van der Waals surface area contributed by atoms with Crippen LogP contribution in [0.4, 0.5) is 5.69 Å². The first-order valence-corrected chi connectivity index (χ1v) is 5.08. The molecule has 5 nitrogen and oxygen atoms in total. The lowest BCUT2D eigenvalue weighted by Crippen LogP contribution is -2.13. The van der Waals surface area contributed by atoms with Crippen LogP contribution in [0.25, 0.3) is 0 Å². The van der Waals surface area contributed by atoms with Crippen LogP contribution < -0.4 is 5.32 Å². The van der Waals surface area contributed by atoms with Gasteiger partial charge in [-0.2, -0.15) is 5.10 Å². The molecular weight excluding hydrogens is 218 g/mol. The molecule has 0 atom stereocenters. The highest BCUT2D eigenvalue weighted by Gasteiger charge is 2.11. The number of benzene rings is 1. The van der Waals surface area contributed by atoms with Crippen molar-refractivity contribution in [1.29, 1.82) is 0 Å². The number of aromatic amines is 1. The lowest BCUT2D eigenvalue weighted by Gasteiger charge is -2.07. The Morgan fingerprint density at radius 2 is 2.06 bits per heavy atom. The van der Waals surface area contributed by atoms with Gasteiger partial charge in [-0.25, -0.2) is 0 Å². The van der Waals surface area contributed by atoms with Crippen molar-refractivity contribution in [2.45, 2.75) is 6.92 Å². The van der Waals surface area contributed by atoms with Crippen LogP contribution in [-0.4, -0.2) is 21.9 Å². The van der Waals surface area contributed by atoms with E-state index in [-0.39, 0.29) is 11.7 Å². The minimum Gasteiger partial charge on any atom is -0.321 e. The van der Waals surface area contributed by atoms with Crippen molar-refractivity contribution < 1.29 is 9.59 Å². The molecule has 1 amide bonds. The molecule has 0 bridgehead atoms. The predicted molar refractivity (Wildman–Crippen MR) is 63.0 cm³/mol. The summed E-state index contributed by atoms with van der Waals surface area (Å²) in [6.07, 6.45) is 2.91. The van der Waals surface area contributed by atoms with Crippen LogP contribution in [0.1, 0.15) is 27.6 Å². The number of H-pyrrole nitrogens is 1. The molecule has 1 aromatic carbocycles. The molecule has 2 N–H and O–H groups in total. The number of carbonyl (C=O) groups is 2. The predicted octanol–water partition coefficient (Wildman–Crippen LogP) is 1.86. The van der Waals surface area contributed by atoms with Crippen LogP contribution in [0, 0.1) is 0 Å². The minimum atomic E-state index is -0.299. The molecule has 86 valence electrons. The number of nitrogens with one attached hydrogen (secondary N) is 2. The average molecular weight is 229 g/mol. The van der Waals surface area contributed by atoms with Gasteiger partial charge in [0, 0.05) is 11.8 Å². The van der Waals surface area contributed by atoms with E-state index < -0.39 is 0 Å². The number of rotatable bonds is 3. The normalized spacial score (nSPS) is 9.94. The van der Waals surface area contributed by atoms with Crippen molar-refractivity contribution in [3.05, 3.63) is 47.8 Å². The second kappa shape index (κ2) is 4.61. The Balaban J connectivity index is 2.25. The molecule has 0 aliphatic rings. The molecular formula is C12H11N3O2.